The number of benzene rings is 2. The SMILES string of the molecule is CC(=O)c1cc([N+](=O)[O-])c(/C=C/c2ccc(OCc3ccccc3)cc2)s1. The fourth-order valence-corrected chi connectivity index (χ4v) is 3.34. The Hall–Kier alpha value is -3.25. The lowest BCUT2D eigenvalue weighted by Gasteiger charge is -2.06. The number of thiophene rings is 1. The molecule has 0 fully saturated rings. The van der Waals surface area contributed by atoms with Crippen LogP contribution in [0.4, 0.5) is 5.69 Å². The van der Waals surface area contributed by atoms with Crippen LogP contribution in [0.2, 0.25) is 0 Å². The van der Waals surface area contributed by atoms with E-state index in [2.05, 4.69) is 0 Å². The molecule has 136 valence electrons. The van der Waals surface area contributed by atoms with Crippen LogP contribution in [0.5, 0.6) is 5.75 Å². The van der Waals surface area contributed by atoms with Crippen LogP contribution in [-0.4, -0.2) is 10.7 Å². The summed E-state index contributed by atoms with van der Waals surface area (Å²) >= 11 is 1.12. The van der Waals surface area contributed by atoms with E-state index >= 15 is 0 Å². The van der Waals surface area contributed by atoms with Crippen LogP contribution in [0, 0.1) is 10.1 Å². The van der Waals surface area contributed by atoms with E-state index in [1.807, 2.05) is 54.6 Å². The monoisotopic (exact) mass is 379 g/mol. The van der Waals surface area contributed by atoms with Crippen molar-refractivity contribution in [1.29, 1.82) is 0 Å². The van der Waals surface area contributed by atoms with Crippen molar-refractivity contribution in [2.45, 2.75) is 13.5 Å². The van der Waals surface area contributed by atoms with E-state index in [9.17, 15) is 14.9 Å². The summed E-state index contributed by atoms with van der Waals surface area (Å²) in [7, 11) is 0. The summed E-state index contributed by atoms with van der Waals surface area (Å²) in [4.78, 5) is 23.0. The van der Waals surface area contributed by atoms with E-state index in [4.69, 9.17) is 4.74 Å². The van der Waals surface area contributed by atoms with Crippen LogP contribution >= 0.6 is 11.3 Å². The van der Waals surface area contributed by atoms with Gasteiger partial charge < -0.3 is 4.74 Å². The van der Waals surface area contributed by atoms with Crippen molar-refractivity contribution >= 4 is 35.0 Å². The third-order valence-corrected chi connectivity index (χ3v) is 5.03. The lowest BCUT2D eigenvalue weighted by atomic mass is 10.2. The van der Waals surface area contributed by atoms with Gasteiger partial charge in [0, 0.05) is 6.07 Å². The van der Waals surface area contributed by atoms with Gasteiger partial charge in [-0.05, 0) is 36.3 Å². The minimum atomic E-state index is -0.469. The summed E-state index contributed by atoms with van der Waals surface area (Å²) < 4.78 is 5.74. The molecular weight excluding hydrogens is 362 g/mol. The fourth-order valence-electron chi connectivity index (χ4n) is 2.42. The number of ether oxygens (including phenoxy) is 1. The van der Waals surface area contributed by atoms with Gasteiger partial charge in [0.15, 0.2) is 5.78 Å². The Labute approximate surface area is 160 Å². The van der Waals surface area contributed by atoms with Crippen LogP contribution in [0.1, 0.15) is 32.6 Å². The Morgan fingerprint density at radius 2 is 1.81 bits per heavy atom. The lowest BCUT2D eigenvalue weighted by Crippen LogP contribution is -1.94. The highest BCUT2D eigenvalue weighted by Gasteiger charge is 2.18. The van der Waals surface area contributed by atoms with Crippen LogP contribution in [0.3, 0.4) is 0 Å². The number of Topliss-reactive ketones (excluding diaryl/α,β-unsaturated/α-hetero) is 1. The molecule has 5 nitrogen and oxygen atoms in total. The summed E-state index contributed by atoms with van der Waals surface area (Å²) in [5.41, 5.74) is 1.92. The van der Waals surface area contributed by atoms with Crippen molar-refractivity contribution in [2.75, 3.05) is 0 Å². The van der Waals surface area contributed by atoms with E-state index in [1.165, 1.54) is 13.0 Å². The number of carbonyl (C=O) groups is 1. The molecule has 0 amide bonds. The number of ketones is 1. The highest BCUT2D eigenvalue weighted by Crippen LogP contribution is 2.31. The molecule has 3 rings (SSSR count). The molecule has 0 spiro atoms. The topological polar surface area (TPSA) is 69.4 Å². The van der Waals surface area contributed by atoms with Gasteiger partial charge in [-0.25, -0.2) is 0 Å². The van der Waals surface area contributed by atoms with E-state index in [0.717, 1.165) is 28.2 Å². The standard InChI is InChI=1S/C21H17NO4S/c1-15(23)21-13-19(22(24)25)20(27-21)12-9-16-7-10-18(11-8-16)26-14-17-5-3-2-4-6-17/h2-13H,14H2,1H3/b12-9+. The predicted molar refractivity (Wildman–Crippen MR) is 107 cm³/mol. The van der Waals surface area contributed by atoms with Crippen LogP contribution < -0.4 is 4.74 Å². The van der Waals surface area contributed by atoms with E-state index < -0.39 is 4.92 Å². The first-order valence-electron chi connectivity index (χ1n) is 8.27. The van der Waals surface area contributed by atoms with E-state index in [1.54, 1.807) is 12.2 Å². The zero-order chi connectivity index (χ0) is 19.2. The van der Waals surface area contributed by atoms with Gasteiger partial charge in [-0.2, -0.15) is 0 Å². The Kier molecular flexibility index (Phi) is 5.78. The number of rotatable bonds is 7. The molecule has 1 aromatic heterocycles. The molecule has 0 radical (unpaired) electrons. The predicted octanol–water partition coefficient (Wildman–Crippen LogP) is 5.61. The largest absolute Gasteiger partial charge is 0.489 e. The Balaban J connectivity index is 1.69. The highest BCUT2D eigenvalue weighted by atomic mass is 32.1. The first-order chi connectivity index (χ1) is 13.0. The first-order valence-corrected chi connectivity index (χ1v) is 9.08. The minimum absolute atomic E-state index is 0.0516. The van der Waals surface area contributed by atoms with Crippen molar-refractivity contribution < 1.29 is 14.5 Å². The number of carbonyl (C=O) groups excluding carboxylic acids is 1. The molecule has 0 aliphatic carbocycles. The van der Waals surface area contributed by atoms with E-state index in [0.29, 0.717) is 16.4 Å². The molecule has 0 aliphatic heterocycles. The van der Waals surface area contributed by atoms with Crippen LogP contribution in [0.15, 0.2) is 60.7 Å². The normalized spacial score (nSPS) is 10.9. The number of hydrogen-bond acceptors (Lipinski definition) is 5. The van der Waals surface area contributed by atoms with Crippen LogP contribution in [-0.2, 0) is 6.61 Å². The molecule has 0 aliphatic rings. The maximum absolute atomic E-state index is 11.5. The quantitative estimate of drug-likeness (QED) is 0.304. The summed E-state index contributed by atoms with van der Waals surface area (Å²) in [5.74, 6) is 0.569. The van der Waals surface area contributed by atoms with Gasteiger partial charge in [0.25, 0.3) is 5.69 Å². The van der Waals surface area contributed by atoms with E-state index in [-0.39, 0.29) is 11.5 Å². The zero-order valence-electron chi connectivity index (χ0n) is 14.6. The average Bonchev–Trinajstić information content (AvgIpc) is 3.11. The Morgan fingerprint density at radius 3 is 2.44 bits per heavy atom. The van der Waals surface area contributed by atoms with Gasteiger partial charge in [-0.15, -0.1) is 11.3 Å². The van der Waals surface area contributed by atoms with Crippen molar-refractivity contribution in [1.82, 2.24) is 0 Å². The van der Waals surface area contributed by atoms with Gasteiger partial charge in [-0.3, -0.25) is 14.9 Å². The molecular formula is C21H17NO4S. The molecule has 3 aromatic rings. The van der Waals surface area contributed by atoms with Gasteiger partial charge in [0.2, 0.25) is 0 Å². The summed E-state index contributed by atoms with van der Waals surface area (Å²) in [6, 6.07) is 18.7. The molecule has 0 saturated heterocycles. The third-order valence-electron chi connectivity index (χ3n) is 3.84. The highest BCUT2D eigenvalue weighted by molar-refractivity contribution is 7.15. The molecule has 0 saturated carbocycles. The first kappa shape index (κ1) is 18.5. The van der Waals surface area contributed by atoms with Gasteiger partial charge >= 0.3 is 0 Å². The minimum Gasteiger partial charge on any atom is -0.489 e. The molecule has 1 heterocycles. The lowest BCUT2D eigenvalue weighted by molar-refractivity contribution is -0.384. The smallest absolute Gasteiger partial charge is 0.288 e. The number of hydrogen-bond donors (Lipinski definition) is 0. The molecule has 0 unspecified atom stereocenters. The summed E-state index contributed by atoms with van der Waals surface area (Å²) in [6.07, 6.45) is 3.44. The van der Waals surface area contributed by atoms with Crippen molar-refractivity contribution in [3.63, 3.8) is 0 Å². The second kappa shape index (κ2) is 8.42. The van der Waals surface area contributed by atoms with Crippen molar-refractivity contribution in [3.05, 3.63) is 91.7 Å². The third kappa shape index (κ3) is 4.89. The summed E-state index contributed by atoms with van der Waals surface area (Å²) in [6.45, 7) is 1.89. The summed E-state index contributed by atoms with van der Waals surface area (Å²) in [5, 5.41) is 11.2. The maximum atomic E-state index is 11.5. The zero-order valence-corrected chi connectivity index (χ0v) is 15.4. The Morgan fingerprint density at radius 1 is 1.11 bits per heavy atom. The number of nitrogens with zero attached hydrogens (tertiary/aromatic N) is 1. The molecule has 0 atom stereocenters. The molecule has 2 aromatic carbocycles. The van der Waals surface area contributed by atoms with Gasteiger partial charge in [-0.1, -0.05) is 48.5 Å². The average molecular weight is 379 g/mol. The maximum Gasteiger partial charge on any atom is 0.288 e. The number of nitro groups is 1. The fraction of sp³-hybridized carbons (Fsp3) is 0.0952. The molecule has 0 bridgehead atoms. The van der Waals surface area contributed by atoms with Gasteiger partial charge in [0.05, 0.1) is 9.80 Å². The Bertz CT molecular complexity index is 975. The van der Waals surface area contributed by atoms with Crippen LogP contribution in [0.25, 0.3) is 12.2 Å². The molecule has 27 heavy (non-hydrogen) atoms. The second-order valence-electron chi connectivity index (χ2n) is 5.85. The van der Waals surface area contributed by atoms with Crippen molar-refractivity contribution in [3.8, 4) is 5.75 Å². The van der Waals surface area contributed by atoms with Gasteiger partial charge in [0.1, 0.15) is 17.2 Å². The van der Waals surface area contributed by atoms with Crippen molar-refractivity contribution in [2.24, 2.45) is 0 Å². The molecule has 0 N–H and O–H groups in total. The molecule has 6 heteroatoms. The second-order valence-corrected chi connectivity index (χ2v) is 6.93.